The Morgan fingerprint density at radius 2 is 2.24 bits per heavy atom. The van der Waals surface area contributed by atoms with E-state index in [1.54, 1.807) is 5.01 Å². The highest BCUT2D eigenvalue weighted by atomic mass is 35.5. The van der Waals surface area contributed by atoms with Gasteiger partial charge in [-0.15, -0.1) is 0 Å². The number of aliphatic imine (C=N–C) groups is 2. The molecule has 1 atom stereocenters. The molecule has 29 heavy (non-hydrogen) atoms. The van der Waals surface area contributed by atoms with Crippen LogP contribution in [0.3, 0.4) is 0 Å². The number of thioether (sulfide) groups is 1. The summed E-state index contributed by atoms with van der Waals surface area (Å²) in [4.78, 5) is 20.2. The van der Waals surface area contributed by atoms with Gasteiger partial charge in [0.15, 0.2) is 11.3 Å². The largest absolute Gasteiger partial charge is 0.372 e. The Morgan fingerprint density at radius 1 is 1.41 bits per heavy atom. The first-order valence-electron chi connectivity index (χ1n) is 9.43. The summed E-state index contributed by atoms with van der Waals surface area (Å²) in [5, 5.41) is 7.83. The fraction of sp³-hybridized carbons (Fsp3) is 0.350. The Bertz CT molecular complexity index is 1010. The van der Waals surface area contributed by atoms with Crippen LogP contribution in [-0.4, -0.2) is 34.7 Å². The van der Waals surface area contributed by atoms with Crippen molar-refractivity contribution in [2.24, 2.45) is 15.8 Å². The number of carbonyl (C=O) groups excluding carboxylic acids is 1. The molecule has 2 aliphatic rings. The lowest BCUT2D eigenvalue weighted by molar-refractivity contribution is -0.120. The standard InChI is InChI=1S/C20H22ClN5O2S/c1-2-16(27)23-6-7-29-20-25-11-24-19(26(20)22)18-14-5-3-4-12-9-28-10-13(17(12)14)8-15(18)21/h3-5,8,11,19H,2,6-7,9-10,22H2,1H3,(H,23,27). The Balaban J connectivity index is 1.60. The third-order valence-electron chi connectivity index (χ3n) is 4.93. The first-order valence-corrected chi connectivity index (χ1v) is 10.8. The van der Waals surface area contributed by atoms with Gasteiger partial charge >= 0.3 is 0 Å². The smallest absolute Gasteiger partial charge is 0.219 e. The van der Waals surface area contributed by atoms with Crippen molar-refractivity contribution in [1.29, 1.82) is 0 Å². The van der Waals surface area contributed by atoms with Gasteiger partial charge in [-0.1, -0.05) is 48.5 Å². The predicted octanol–water partition coefficient (Wildman–Crippen LogP) is 3.36. The molecule has 4 rings (SSSR count). The van der Waals surface area contributed by atoms with Crippen molar-refractivity contribution in [2.75, 3.05) is 12.3 Å². The number of rotatable bonds is 5. The van der Waals surface area contributed by atoms with Gasteiger partial charge in [-0.2, -0.15) is 0 Å². The minimum absolute atomic E-state index is 0.0276. The Morgan fingerprint density at radius 3 is 3.07 bits per heavy atom. The Labute approximate surface area is 178 Å². The lowest BCUT2D eigenvalue weighted by atomic mass is 9.93. The van der Waals surface area contributed by atoms with Gasteiger partial charge in [-0.05, 0) is 28.0 Å². The number of hydrogen-bond donors (Lipinski definition) is 2. The molecule has 0 bridgehead atoms. The maximum Gasteiger partial charge on any atom is 0.219 e. The van der Waals surface area contributed by atoms with Crippen LogP contribution in [0.25, 0.3) is 10.8 Å². The van der Waals surface area contributed by atoms with Crippen LogP contribution >= 0.6 is 23.4 Å². The number of hydrogen-bond acceptors (Lipinski definition) is 7. The molecule has 7 nitrogen and oxygen atoms in total. The molecule has 0 aliphatic carbocycles. The van der Waals surface area contributed by atoms with Gasteiger partial charge in [0.2, 0.25) is 5.91 Å². The molecule has 3 N–H and O–H groups in total. The fourth-order valence-corrected chi connectivity index (χ4v) is 4.66. The van der Waals surface area contributed by atoms with Crippen molar-refractivity contribution in [3.8, 4) is 0 Å². The highest BCUT2D eigenvalue weighted by Crippen LogP contribution is 2.40. The molecule has 1 unspecified atom stereocenters. The van der Waals surface area contributed by atoms with Gasteiger partial charge in [0.25, 0.3) is 0 Å². The van der Waals surface area contributed by atoms with E-state index in [9.17, 15) is 4.79 Å². The lowest BCUT2D eigenvalue weighted by Crippen LogP contribution is -2.41. The van der Waals surface area contributed by atoms with E-state index in [1.165, 1.54) is 23.5 Å². The third-order valence-corrected chi connectivity index (χ3v) is 6.23. The van der Waals surface area contributed by atoms with E-state index in [0.29, 0.717) is 42.1 Å². The molecule has 0 saturated carbocycles. The predicted molar refractivity (Wildman–Crippen MR) is 118 cm³/mol. The number of halogens is 1. The number of carbonyl (C=O) groups is 1. The number of ether oxygens (including phenoxy) is 1. The normalized spacial score (nSPS) is 18.1. The zero-order chi connectivity index (χ0) is 20.4. The van der Waals surface area contributed by atoms with E-state index in [1.807, 2.05) is 19.1 Å². The summed E-state index contributed by atoms with van der Waals surface area (Å²) in [5.74, 6) is 7.09. The minimum atomic E-state index is -0.472. The molecular weight excluding hydrogens is 410 g/mol. The van der Waals surface area contributed by atoms with Crippen molar-refractivity contribution >= 4 is 51.5 Å². The fourth-order valence-electron chi connectivity index (χ4n) is 3.57. The van der Waals surface area contributed by atoms with Crippen LogP contribution in [0, 0.1) is 0 Å². The molecule has 0 fully saturated rings. The summed E-state index contributed by atoms with van der Waals surface area (Å²) >= 11 is 8.15. The van der Waals surface area contributed by atoms with Gasteiger partial charge in [0.1, 0.15) is 6.34 Å². The highest BCUT2D eigenvalue weighted by Gasteiger charge is 2.28. The number of amidine groups is 1. The van der Waals surface area contributed by atoms with Crippen LogP contribution in [0.4, 0.5) is 0 Å². The Kier molecular flexibility index (Phi) is 6.05. The third kappa shape index (κ3) is 3.98. The van der Waals surface area contributed by atoms with Crippen LogP contribution in [0.1, 0.15) is 36.2 Å². The number of nitrogens with two attached hydrogens (primary N) is 1. The number of benzene rings is 2. The van der Waals surface area contributed by atoms with Gasteiger partial charge in [-0.25, -0.2) is 15.8 Å². The van der Waals surface area contributed by atoms with Crippen molar-refractivity contribution in [2.45, 2.75) is 32.7 Å². The van der Waals surface area contributed by atoms with Crippen LogP contribution < -0.4 is 11.2 Å². The average Bonchev–Trinajstić information content (AvgIpc) is 2.73. The number of nitrogens with one attached hydrogen (secondary N) is 1. The van der Waals surface area contributed by atoms with Crippen LogP contribution in [0.5, 0.6) is 0 Å². The van der Waals surface area contributed by atoms with Crippen LogP contribution in [0.15, 0.2) is 34.3 Å². The van der Waals surface area contributed by atoms with Gasteiger partial charge in [-0.3, -0.25) is 9.80 Å². The number of amides is 1. The maximum atomic E-state index is 11.4. The second-order valence-corrected chi connectivity index (χ2v) is 8.24. The van der Waals surface area contributed by atoms with E-state index < -0.39 is 6.17 Å². The zero-order valence-electron chi connectivity index (χ0n) is 16.0. The first-order chi connectivity index (χ1) is 14.1. The van der Waals surface area contributed by atoms with Gasteiger partial charge < -0.3 is 10.1 Å². The van der Waals surface area contributed by atoms with E-state index in [-0.39, 0.29) is 5.91 Å². The molecule has 0 saturated heterocycles. The van der Waals surface area contributed by atoms with E-state index in [2.05, 4.69) is 27.4 Å². The summed E-state index contributed by atoms with van der Waals surface area (Å²) < 4.78 is 5.67. The monoisotopic (exact) mass is 431 g/mol. The topological polar surface area (TPSA) is 92.3 Å². The molecule has 2 heterocycles. The molecule has 2 aliphatic heterocycles. The van der Waals surface area contributed by atoms with Crippen molar-refractivity contribution in [3.63, 3.8) is 0 Å². The second-order valence-electron chi connectivity index (χ2n) is 6.77. The average molecular weight is 432 g/mol. The maximum absolute atomic E-state index is 11.4. The Hall–Kier alpha value is -2.13. The highest BCUT2D eigenvalue weighted by molar-refractivity contribution is 8.13. The SMILES string of the molecule is CCC(=O)NCCSC1=NC=NC(c2c(Cl)cc3c4c(cccc24)COC3)N1N. The molecule has 2 aromatic rings. The minimum Gasteiger partial charge on any atom is -0.372 e. The van der Waals surface area contributed by atoms with Crippen molar-refractivity contribution < 1.29 is 9.53 Å². The second kappa shape index (κ2) is 8.71. The van der Waals surface area contributed by atoms with Crippen LogP contribution in [0.2, 0.25) is 5.02 Å². The summed E-state index contributed by atoms with van der Waals surface area (Å²) in [7, 11) is 0. The van der Waals surface area contributed by atoms with Crippen LogP contribution in [-0.2, 0) is 22.7 Å². The van der Waals surface area contributed by atoms with E-state index in [0.717, 1.165) is 22.1 Å². The van der Waals surface area contributed by atoms with Gasteiger partial charge in [0, 0.05) is 29.3 Å². The van der Waals surface area contributed by atoms with Crippen molar-refractivity contribution in [3.05, 3.63) is 46.0 Å². The number of hydrazine groups is 1. The summed E-state index contributed by atoms with van der Waals surface area (Å²) in [6.45, 7) is 3.50. The molecule has 0 radical (unpaired) electrons. The van der Waals surface area contributed by atoms with E-state index >= 15 is 0 Å². The van der Waals surface area contributed by atoms with E-state index in [4.69, 9.17) is 22.2 Å². The summed E-state index contributed by atoms with van der Waals surface area (Å²) in [6.07, 6.45) is 1.52. The summed E-state index contributed by atoms with van der Waals surface area (Å²) in [6, 6.07) is 8.07. The number of nitrogens with zero attached hydrogens (tertiary/aromatic N) is 3. The molecule has 1 amide bonds. The molecule has 152 valence electrons. The lowest BCUT2D eigenvalue weighted by Gasteiger charge is -2.31. The molecule has 0 aromatic heterocycles. The zero-order valence-corrected chi connectivity index (χ0v) is 17.6. The molecular formula is C20H22ClN5O2S. The summed E-state index contributed by atoms with van der Waals surface area (Å²) in [5.41, 5.74) is 3.08. The van der Waals surface area contributed by atoms with Crippen molar-refractivity contribution in [1.82, 2.24) is 10.3 Å². The molecule has 9 heteroatoms. The van der Waals surface area contributed by atoms with Gasteiger partial charge in [0.05, 0.1) is 13.2 Å². The first kappa shape index (κ1) is 20.2. The quantitative estimate of drug-likeness (QED) is 0.559. The molecule has 0 spiro atoms. The molecule has 2 aromatic carbocycles.